The summed E-state index contributed by atoms with van der Waals surface area (Å²) in [4.78, 5) is 4.61. The van der Waals surface area contributed by atoms with E-state index in [1.54, 1.807) is 12.1 Å². The van der Waals surface area contributed by atoms with Gasteiger partial charge in [-0.2, -0.15) is 0 Å². The second-order valence-electron chi connectivity index (χ2n) is 4.59. The van der Waals surface area contributed by atoms with Gasteiger partial charge in [0.05, 0.1) is 5.71 Å². The minimum Gasteiger partial charge on any atom is -0.284 e. The molecule has 1 aliphatic heterocycles. The van der Waals surface area contributed by atoms with Crippen molar-refractivity contribution in [1.82, 2.24) is 0 Å². The van der Waals surface area contributed by atoms with E-state index in [0.29, 0.717) is 0 Å². The van der Waals surface area contributed by atoms with Crippen molar-refractivity contribution in [2.45, 2.75) is 13.3 Å². The summed E-state index contributed by atoms with van der Waals surface area (Å²) in [7, 11) is 0. The number of halogens is 1. The van der Waals surface area contributed by atoms with E-state index in [1.807, 2.05) is 0 Å². The SMILES string of the molecule is Cc1cccc2c1CCN=C2c1ccc(F)cc1. The Morgan fingerprint density at radius 3 is 2.61 bits per heavy atom. The Morgan fingerprint density at radius 2 is 1.83 bits per heavy atom. The molecule has 3 rings (SSSR count). The molecule has 0 saturated carbocycles. The molecule has 90 valence electrons. The molecule has 0 fully saturated rings. The number of nitrogens with zero attached hydrogens (tertiary/aromatic N) is 1. The Balaban J connectivity index is 2.12. The zero-order valence-corrected chi connectivity index (χ0v) is 10.3. The van der Waals surface area contributed by atoms with Gasteiger partial charge in [-0.3, -0.25) is 4.99 Å². The van der Waals surface area contributed by atoms with Gasteiger partial charge in [-0.15, -0.1) is 0 Å². The molecule has 1 nitrogen and oxygen atoms in total. The van der Waals surface area contributed by atoms with Crippen LogP contribution in [0.15, 0.2) is 47.5 Å². The van der Waals surface area contributed by atoms with Crippen LogP contribution in [0.2, 0.25) is 0 Å². The van der Waals surface area contributed by atoms with Crippen molar-refractivity contribution in [1.29, 1.82) is 0 Å². The second-order valence-corrected chi connectivity index (χ2v) is 4.59. The van der Waals surface area contributed by atoms with Gasteiger partial charge in [0.25, 0.3) is 0 Å². The highest BCUT2D eigenvalue weighted by Crippen LogP contribution is 2.23. The number of aryl methyl sites for hydroxylation is 1. The number of rotatable bonds is 1. The van der Waals surface area contributed by atoms with Gasteiger partial charge in [0.2, 0.25) is 0 Å². The molecule has 0 aromatic heterocycles. The Hall–Kier alpha value is -1.96. The molecule has 0 N–H and O–H groups in total. The smallest absolute Gasteiger partial charge is 0.123 e. The van der Waals surface area contributed by atoms with Gasteiger partial charge in [-0.1, -0.05) is 18.2 Å². The maximum atomic E-state index is 13.0. The Bertz CT molecular complexity index is 611. The first-order chi connectivity index (χ1) is 8.75. The highest BCUT2D eigenvalue weighted by molar-refractivity contribution is 6.14. The van der Waals surface area contributed by atoms with Crippen LogP contribution in [0.25, 0.3) is 0 Å². The first-order valence-corrected chi connectivity index (χ1v) is 6.15. The minimum absolute atomic E-state index is 0.209. The van der Waals surface area contributed by atoms with Crippen LogP contribution in [0.5, 0.6) is 0 Å². The average molecular weight is 239 g/mol. The number of fused-ring (bicyclic) bond motifs is 1. The van der Waals surface area contributed by atoms with Crippen molar-refractivity contribution in [3.8, 4) is 0 Å². The largest absolute Gasteiger partial charge is 0.284 e. The molecule has 0 bridgehead atoms. The van der Waals surface area contributed by atoms with Crippen LogP contribution < -0.4 is 0 Å². The molecule has 0 amide bonds. The van der Waals surface area contributed by atoms with Gasteiger partial charge < -0.3 is 0 Å². The van der Waals surface area contributed by atoms with Crippen molar-refractivity contribution < 1.29 is 4.39 Å². The Kier molecular flexibility index (Phi) is 2.71. The summed E-state index contributed by atoms with van der Waals surface area (Å²) in [6.07, 6.45) is 0.993. The lowest BCUT2D eigenvalue weighted by Crippen LogP contribution is -2.15. The maximum absolute atomic E-state index is 13.0. The standard InChI is InChI=1S/C16H14FN/c1-11-3-2-4-15-14(11)9-10-18-16(15)12-5-7-13(17)8-6-12/h2-8H,9-10H2,1H3. The van der Waals surface area contributed by atoms with E-state index in [0.717, 1.165) is 24.2 Å². The predicted molar refractivity (Wildman–Crippen MR) is 71.8 cm³/mol. The zero-order valence-electron chi connectivity index (χ0n) is 10.3. The number of aliphatic imine (C=N–C) groups is 1. The first-order valence-electron chi connectivity index (χ1n) is 6.15. The fraction of sp³-hybridized carbons (Fsp3) is 0.188. The Labute approximate surface area is 106 Å². The minimum atomic E-state index is -0.209. The molecule has 1 heterocycles. The summed E-state index contributed by atoms with van der Waals surface area (Å²) in [5.41, 5.74) is 5.84. The quantitative estimate of drug-likeness (QED) is 0.722. The van der Waals surface area contributed by atoms with Gasteiger partial charge in [-0.05, 0) is 48.7 Å². The summed E-state index contributed by atoms with van der Waals surface area (Å²) < 4.78 is 13.0. The third-order valence-corrected chi connectivity index (χ3v) is 3.41. The molecule has 2 heteroatoms. The van der Waals surface area contributed by atoms with Crippen LogP contribution in [0.1, 0.15) is 22.3 Å². The van der Waals surface area contributed by atoms with Crippen molar-refractivity contribution in [3.63, 3.8) is 0 Å². The van der Waals surface area contributed by atoms with Crippen LogP contribution in [0.3, 0.4) is 0 Å². The topological polar surface area (TPSA) is 12.4 Å². The summed E-state index contributed by atoms with van der Waals surface area (Å²) in [5.74, 6) is -0.209. The van der Waals surface area contributed by atoms with Crippen molar-refractivity contribution in [2.75, 3.05) is 6.54 Å². The van der Waals surface area contributed by atoms with E-state index in [2.05, 4.69) is 30.1 Å². The van der Waals surface area contributed by atoms with Crippen molar-refractivity contribution >= 4 is 5.71 Å². The maximum Gasteiger partial charge on any atom is 0.123 e. The molecule has 0 saturated heterocycles. The number of hydrogen-bond donors (Lipinski definition) is 0. The molecule has 18 heavy (non-hydrogen) atoms. The average Bonchev–Trinajstić information content (AvgIpc) is 2.40. The number of hydrogen-bond acceptors (Lipinski definition) is 1. The lowest BCUT2D eigenvalue weighted by atomic mass is 9.90. The van der Waals surface area contributed by atoms with Gasteiger partial charge in [0, 0.05) is 17.7 Å². The highest BCUT2D eigenvalue weighted by atomic mass is 19.1. The normalized spacial score (nSPS) is 14.0. The molecule has 0 aliphatic carbocycles. The molecule has 1 aliphatic rings. The van der Waals surface area contributed by atoms with Crippen LogP contribution in [-0.4, -0.2) is 12.3 Å². The Morgan fingerprint density at radius 1 is 1.06 bits per heavy atom. The van der Waals surface area contributed by atoms with Gasteiger partial charge >= 0.3 is 0 Å². The van der Waals surface area contributed by atoms with E-state index in [-0.39, 0.29) is 5.82 Å². The van der Waals surface area contributed by atoms with Crippen LogP contribution >= 0.6 is 0 Å². The third kappa shape index (κ3) is 1.84. The molecule has 0 unspecified atom stereocenters. The molecule has 2 aromatic rings. The summed E-state index contributed by atoms with van der Waals surface area (Å²) in [5, 5.41) is 0. The van der Waals surface area contributed by atoms with Crippen molar-refractivity contribution in [3.05, 3.63) is 70.5 Å². The highest BCUT2D eigenvalue weighted by Gasteiger charge is 2.16. The second kappa shape index (κ2) is 4.37. The summed E-state index contributed by atoms with van der Waals surface area (Å²) >= 11 is 0. The van der Waals surface area contributed by atoms with Crippen LogP contribution in [-0.2, 0) is 6.42 Å². The molecular weight excluding hydrogens is 225 g/mol. The summed E-state index contributed by atoms with van der Waals surface area (Å²) in [6.45, 7) is 2.94. The van der Waals surface area contributed by atoms with E-state index >= 15 is 0 Å². The first kappa shape index (κ1) is 11.1. The van der Waals surface area contributed by atoms with Crippen LogP contribution in [0, 0.1) is 12.7 Å². The number of benzene rings is 2. The van der Waals surface area contributed by atoms with E-state index in [4.69, 9.17) is 0 Å². The summed E-state index contributed by atoms with van der Waals surface area (Å²) in [6, 6.07) is 12.9. The molecule has 0 spiro atoms. The van der Waals surface area contributed by atoms with Crippen LogP contribution in [0.4, 0.5) is 4.39 Å². The zero-order chi connectivity index (χ0) is 12.5. The third-order valence-electron chi connectivity index (χ3n) is 3.41. The predicted octanol–water partition coefficient (Wildman–Crippen LogP) is 3.53. The molecule has 0 atom stereocenters. The van der Waals surface area contributed by atoms with Crippen molar-refractivity contribution in [2.24, 2.45) is 4.99 Å². The molecule has 2 aromatic carbocycles. The van der Waals surface area contributed by atoms with E-state index in [1.165, 1.54) is 28.8 Å². The molecular formula is C16H14FN. The van der Waals surface area contributed by atoms with E-state index < -0.39 is 0 Å². The van der Waals surface area contributed by atoms with Gasteiger partial charge in [0.15, 0.2) is 0 Å². The molecule has 0 radical (unpaired) electrons. The van der Waals surface area contributed by atoms with Gasteiger partial charge in [-0.25, -0.2) is 4.39 Å². The van der Waals surface area contributed by atoms with Gasteiger partial charge in [0.1, 0.15) is 5.82 Å². The lowest BCUT2D eigenvalue weighted by molar-refractivity contribution is 0.628. The fourth-order valence-electron chi connectivity index (χ4n) is 2.48. The lowest BCUT2D eigenvalue weighted by Gasteiger charge is -2.19. The fourth-order valence-corrected chi connectivity index (χ4v) is 2.48. The van der Waals surface area contributed by atoms with E-state index in [9.17, 15) is 4.39 Å². The monoisotopic (exact) mass is 239 g/mol.